The van der Waals surface area contributed by atoms with E-state index >= 15 is 0 Å². The van der Waals surface area contributed by atoms with E-state index in [1.165, 1.54) is 0 Å². The summed E-state index contributed by atoms with van der Waals surface area (Å²) in [5, 5.41) is 0. The second-order valence-corrected chi connectivity index (χ2v) is 15.7. The van der Waals surface area contributed by atoms with Crippen molar-refractivity contribution in [1.29, 1.82) is 0 Å². The third-order valence-corrected chi connectivity index (χ3v) is 5.07. The Labute approximate surface area is 113 Å². The molecule has 0 fully saturated rings. The minimum Gasteiger partial charge on any atom is -0.519 e. The molecule has 0 saturated carbocycles. The van der Waals surface area contributed by atoms with Crippen molar-refractivity contribution in [2.24, 2.45) is 0 Å². The molecule has 18 heavy (non-hydrogen) atoms. The van der Waals surface area contributed by atoms with E-state index in [1.54, 1.807) is 7.11 Å². The molecule has 1 heterocycles. The smallest absolute Gasteiger partial charge is 0.272 e. The normalized spacial score (nSPS) is 15.9. The standard InChI is InChI=1S/C13H25NO2Si2/c1-15-13(16-18(5,6)7)12-8-10-14(11-9-12)17(2,3)4/h8-11H,1-7H3. The molecule has 0 amide bonds. The molecule has 3 nitrogen and oxygen atoms in total. The third-order valence-electron chi connectivity index (χ3n) is 2.42. The number of nitrogens with zero attached hydrogens (tertiary/aromatic N) is 1. The lowest BCUT2D eigenvalue weighted by molar-refractivity contribution is 0.144. The van der Waals surface area contributed by atoms with E-state index in [1.807, 2.05) is 0 Å². The van der Waals surface area contributed by atoms with E-state index in [-0.39, 0.29) is 0 Å². The van der Waals surface area contributed by atoms with Gasteiger partial charge in [0.15, 0.2) is 8.24 Å². The zero-order chi connectivity index (χ0) is 14.0. The van der Waals surface area contributed by atoms with Crippen LogP contribution < -0.4 is 0 Å². The van der Waals surface area contributed by atoms with Crippen molar-refractivity contribution < 1.29 is 9.16 Å². The molecule has 1 rings (SSSR count). The van der Waals surface area contributed by atoms with Gasteiger partial charge in [0.2, 0.25) is 8.32 Å². The summed E-state index contributed by atoms with van der Waals surface area (Å²) in [5.74, 6) is 0.636. The van der Waals surface area contributed by atoms with Gasteiger partial charge in [-0.05, 0) is 44.2 Å². The van der Waals surface area contributed by atoms with Crippen LogP contribution in [0.4, 0.5) is 0 Å². The van der Waals surface area contributed by atoms with Crippen molar-refractivity contribution in [3.63, 3.8) is 0 Å². The van der Waals surface area contributed by atoms with Gasteiger partial charge in [-0.1, -0.05) is 19.6 Å². The maximum absolute atomic E-state index is 5.93. The molecule has 0 spiro atoms. The summed E-state index contributed by atoms with van der Waals surface area (Å²) < 4.78 is 13.6. The average molecular weight is 284 g/mol. The molecule has 0 atom stereocenters. The molecule has 0 N–H and O–H groups in total. The maximum Gasteiger partial charge on any atom is 0.272 e. The number of ether oxygens (including phenoxy) is 1. The van der Waals surface area contributed by atoms with Gasteiger partial charge in [0.05, 0.1) is 12.7 Å². The van der Waals surface area contributed by atoms with Gasteiger partial charge in [0.25, 0.3) is 5.95 Å². The maximum atomic E-state index is 5.93. The van der Waals surface area contributed by atoms with Crippen molar-refractivity contribution in [3.8, 4) is 0 Å². The Hall–Kier alpha value is -0.946. The lowest BCUT2D eigenvalue weighted by Gasteiger charge is -2.31. The molecule has 0 saturated heterocycles. The van der Waals surface area contributed by atoms with E-state index in [4.69, 9.17) is 9.16 Å². The highest BCUT2D eigenvalue weighted by Crippen LogP contribution is 2.22. The van der Waals surface area contributed by atoms with Crippen molar-refractivity contribution in [2.75, 3.05) is 7.11 Å². The molecule has 0 unspecified atom stereocenters. The lowest BCUT2D eigenvalue weighted by Crippen LogP contribution is -2.39. The summed E-state index contributed by atoms with van der Waals surface area (Å²) in [4.78, 5) is 0. The zero-order valence-electron chi connectivity index (χ0n) is 12.6. The highest BCUT2D eigenvalue weighted by molar-refractivity contribution is 6.73. The first-order chi connectivity index (χ1) is 8.13. The minimum atomic E-state index is -1.63. The van der Waals surface area contributed by atoms with E-state index in [2.05, 4.69) is 68.4 Å². The van der Waals surface area contributed by atoms with Crippen LogP contribution >= 0.6 is 0 Å². The monoisotopic (exact) mass is 283 g/mol. The highest BCUT2D eigenvalue weighted by Gasteiger charge is 2.23. The number of allylic oxidation sites excluding steroid dienone is 3. The zero-order valence-corrected chi connectivity index (χ0v) is 14.6. The quantitative estimate of drug-likeness (QED) is 0.577. The summed E-state index contributed by atoms with van der Waals surface area (Å²) in [5.41, 5.74) is 1.01. The molecule has 0 radical (unpaired) electrons. The Balaban J connectivity index is 2.90. The fourth-order valence-electron chi connectivity index (χ4n) is 1.51. The largest absolute Gasteiger partial charge is 0.519 e. The summed E-state index contributed by atoms with van der Waals surface area (Å²) in [6, 6.07) is 0. The van der Waals surface area contributed by atoms with Gasteiger partial charge >= 0.3 is 0 Å². The van der Waals surface area contributed by atoms with E-state index < -0.39 is 16.6 Å². The molecule has 0 aromatic heterocycles. The lowest BCUT2D eigenvalue weighted by atomic mass is 10.2. The van der Waals surface area contributed by atoms with E-state index in [0.29, 0.717) is 5.95 Å². The summed E-state index contributed by atoms with van der Waals surface area (Å²) in [6.07, 6.45) is 8.37. The molecule has 1 aliphatic heterocycles. The Bertz CT molecular complexity index is 371. The van der Waals surface area contributed by atoms with Gasteiger partial charge in [-0.25, -0.2) is 0 Å². The first-order valence-electron chi connectivity index (χ1n) is 6.25. The van der Waals surface area contributed by atoms with Crippen molar-refractivity contribution in [2.45, 2.75) is 39.3 Å². The van der Waals surface area contributed by atoms with Gasteiger partial charge in [-0.2, -0.15) is 0 Å². The third kappa shape index (κ3) is 4.38. The molecule has 0 aromatic rings. The predicted octanol–water partition coefficient (Wildman–Crippen LogP) is 3.87. The molecule has 0 aliphatic carbocycles. The molecular weight excluding hydrogens is 258 g/mol. The first-order valence-corrected chi connectivity index (χ1v) is 13.1. The molecule has 1 aliphatic rings. The van der Waals surface area contributed by atoms with Crippen LogP contribution in [0.1, 0.15) is 0 Å². The predicted molar refractivity (Wildman–Crippen MR) is 81.9 cm³/mol. The number of hydrogen-bond donors (Lipinski definition) is 0. The SMILES string of the molecule is COC(O[Si](C)(C)C)=C1C=CN([Si](C)(C)C)C=C1. The van der Waals surface area contributed by atoms with Crippen LogP contribution in [0.25, 0.3) is 0 Å². The van der Waals surface area contributed by atoms with E-state index in [0.717, 1.165) is 5.57 Å². The van der Waals surface area contributed by atoms with Gasteiger partial charge in [-0.3, -0.25) is 0 Å². The average Bonchev–Trinajstić information content (AvgIpc) is 2.24. The molecule has 0 bridgehead atoms. The second kappa shape index (κ2) is 5.36. The summed E-state index contributed by atoms with van der Waals surface area (Å²) >= 11 is 0. The molecule has 0 aromatic carbocycles. The summed E-state index contributed by atoms with van der Waals surface area (Å²) in [6.45, 7) is 13.4. The highest BCUT2D eigenvalue weighted by atomic mass is 28.4. The van der Waals surface area contributed by atoms with Gasteiger partial charge in [-0.15, -0.1) is 0 Å². The van der Waals surface area contributed by atoms with Crippen LogP contribution in [0, 0.1) is 0 Å². The number of hydrogen-bond acceptors (Lipinski definition) is 3. The Morgan fingerprint density at radius 2 is 1.50 bits per heavy atom. The number of rotatable bonds is 4. The van der Waals surface area contributed by atoms with Crippen LogP contribution in [0.3, 0.4) is 0 Å². The fourth-order valence-corrected chi connectivity index (χ4v) is 3.31. The van der Waals surface area contributed by atoms with E-state index in [9.17, 15) is 0 Å². The van der Waals surface area contributed by atoms with Gasteiger partial charge in [0, 0.05) is 0 Å². The first kappa shape index (κ1) is 15.1. The molecular formula is C13H25NO2Si2. The minimum absolute atomic E-state index is 0.636. The van der Waals surface area contributed by atoms with Crippen LogP contribution in [-0.4, -0.2) is 28.2 Å². The molecule has 102 valence electrons. The second-order valence-electron chi connectivity index (χ2n) is 6.37. The van der Waals surface area contributed by atoms with Crippen molar-refractivity contribution in [3.05, 3.63) is 36.1 Å². The van der Waals surface area contributed by atoms with Crippen LogP contribution in [0.2, 0.25) is 39.3 Å². The van der Waals surface area contributed by atoms with Gasteiger partial charge in [0.1, 0.15) is 0 Å². The van der Waals surface area contributed by atoms with Crippen LogP contribution in [-0.2, 0) is 9.16 Å². The van der Waals surface area contributed by atoms with Crippen LogP contribution in [0.5, 0.6) is 0 Å². The number of methoxy groups -OCH3 is 1. The summed E-state index contributed by atoms with van der Waals surface area (Å²) in [7, 11) is -1.29. The fraction of sp³-hybridized carbons (Fsp3) is 0.538. The van der Waals surface area contributed by atoms with Gasteiger partial charge < -0.3 is 13.7 Å². The Morgan fingerprint density at radius 1 is 1.00 bits per heavy atom. The van der Waals surface area contributed by atoms with Crippen LogP contribution in [0.15, 0.2) is 36.1 Å². The Morgan fingerprint density at radius 3 is 1.83 bits per heavy atom. The Kier molecular flexibility index (Phi) is 4.50. The molecule has 5 heteroatoms. The van der Waals surface area contributed by atoms with Crippen molar-refractivity contribution >= 4 is 16.6 Å². The topological polar surface area (TPSA) is 21.7 Å². The van der Waals surface area contributed by atoms with Crippen molar-refractivity contribution in [1.82, 2.24) is 4.57 Å².